The van der Waals surface area contributed by atoms with Crippen molar-refractivity contribution in [1.29, 1.82) is 0 Å². The van der Waals surface area contributed by atoms with Crippen LogP contribution in [-0.4, -0.2) is 39.0 Å². The van der Waals surface area contributed by atoms with E-state index in [2.05, 4.69) is 20.7 Å². The fraction of sp³-hybridized carbons (Fsp3) is 0.263. The van der Waals surface area contributed by atoms with Crippen LogP contribution in [0.2, 0.25) is 0 Å². The Labute approximate surface area is 166 Å². The van der Waals surface area contributed by atoms with Gasteiger partial charge in [0.2, 0.25) is 5.91 Å². The lowest BCUT2D eigenvalue weighted by atomic mass is 9.99. The molecule has 2 N–H and O–H groups in total. The molecule has 2 aliphatic rings. The fourth-order valence-corrected chi connectivity index (χ4v) is 3.96. The monoisotopic (exact) mass is 419 g/mol. The predicted molar refractivity (Wildman–Crippen MR) is 94.1 cm³/mol. The average Bonchev–Trinajstić information content (AvgIpc) is 3.01. The lowest BCUT2D eigenvalue weighted by molar-refractivity contribution is -0.122. The van der Waals surface area contributed by atoms with E-state index in [0.29, 0.717) is 0 Å². The highest BCUT2D eigenvalue weighted by molar-refractivity contribution is 6.00. The minimum atomic E-state index is -3.22. The maximum atomic E-state index is 14.8. The van der Waals surface area contributed by atoms with Gasteiger partial charge in [-0.1, -0.05) is 6.07 Å². The summed E-state index contributed by atoms with van der Waals surface area (Å²) in [6, 6.07) is 3.43. The molecule has 2 aromatic heterocycles. The SMILES string of the molecule is O=C1NCC(c2cc([C@@H]3[C@@H](c4ccc(F)c(F)c4)C3(F)F)c3nccn3n2)C(=O)N1. The van der Waals surface area contributed by atoms with Gasteiger partial charge in [0.15, 0.2) is 17.3 Å². The van der Waals surface area contributed by atoms with Gasteiger partial charge in [-0.05, 0) is 23.8 Å². The number of hydrogen-bond acceptors (Lipinski definition) is 4. The molecular weight excluding hydrogens is 406 g/mol. The number of urea groups is 1. The van der Waals surface area contributed by atoms with Crippen molar-refractivity contribution in [3.63, 3.8) is 0 Å². The number of amides is 3. The number of alkyl halides is 2. The van der Waals surface area contributed by atoms with Crippen molar-refractivity contribution in [2.24, 2.45) is 0 Å². The van der Waals surface area contributed by atoms with E-state index < -0.39 is 47.2 Å². The molecule has 0 radical (unpaired) electrons. The van der Waals surface area contributed by atoms with Crippen molar-refractivity contribution >= 4 is 17.6 Å². The normalized spacial score (nSPS) is 25.1. The fourth-order valence-electron chi connectivity index (χ4n) is 3.96. The van der Waals surface area contributed by atoms with Gasteiger partial charge in [-0.15, -0.1) is 0 Å². The van der Waals surface area contributed by atoms with E-state index in [0.717, 1.165) is 18.2 Å². The number of benzene rings is 1. The molecule has 7 nitrogen and oxygen atoms in total. The summed E-state index contributed by atoms with van der Waals surface area (Å²) in [5, 5.41) is 8.85. The summed E-state index contributed by atoms with van der Waals surface area (Å²) < 4.78 is 57.7. The van der Waals surface area contributed by atoms with Crippen molar-refractivity contribution in [3.8, 4) is 0 Å². The number of aromatic nitrogens is 3. The van der Waals surface area contributed by atoms with Crippen molar-refractivity contribution in [1.82, 2.24) is 25.2 Å². The molecule has 3 amide bonds. The molecule has 0 spiro atoms. The van der Waals surface area contributed by atoms with Gasteiger partial charge in [-0.3, -0.25) is 10.1 Å². The van der Waals surface area contributed by atoms with E-state index in [-0.39, 0.29) is 29.0 Å². The first kappa shape index (κ1) is 18.5. The molecule has 2 fully saturated rings. The summed E-state index contributed by atoms with van der Waals surface area (Å²) >= 11 is 0. The lowest BCUT2D eigenvalue weighted by Crippen LogP contribution is -2.51. The molecule has 154 valence electrons. The first-order valence-electron chi connectivity index (χ1n) is 9.03. The molecule has 11 heteroatoms. The van der Waals surface area contributed by atoms with Gasteiger partial charge in [-0.25, -0.2) is 31.9 Å². The summed E-state index contributed by atoms with van der Waals surface area (Å²) in [5.74, 6) is -9.74. The number of imidazole rings is 1. The molecule has 30 heavy (non-hydrogen) atoms. The van der Waals surface area contributed by atoms with Crippen LogP contribution >= 0.6 is 0 Å². The molecule has 3 aromatic rings. The summed E-state index contributed by atoms with van der Waals surface area (Å²) in [5.41, 5.74) is 0.456. The second-order valence-corrected chi connectivity index (χ2v) is 7.28. The molecule has 3 atom stereocenters. The number of rotatable bonds is 3. The number of fused-ring (bicyclic) bond motifs is 1. The Morgan fingerprint density at radius 2 is 1.90 bits per heavy atom. The van der Waals surface area contributed by atoms with Crippen LogP contribution in [0.5, 0.6) is 0 Å². The van der Waals surface area contributed by atoms with Crippen LogP contribution in [0.3, 0.4) is 0 Å². The quantitative estimate of drug-likeness (QED) is 0.639. The number of carbonyl (C=O) groups is 2. The molecule has 1 aliphatic heterocycles. The van der Waals surface area contributed by atoms with Crippen LogP contribution in [-0.2, 0) is 4.79 Å². The van der Waals surface area contributed by atoms with Crippen LogP contribution in [0.25, 0.3) is 5.65 Å². The van der Waals surface area contributed by atoms with Crippen LogP contribution in [0.4, 0.5) is 22.4 Å². The number of nitrogens with one attached hydrogen (secondary N) is 2. The summed E-state index contributed by atoms with van der Waals surface area (Å²) in [4.78, 5) is 27.6. The van der Waals surface area contributed by atoms with Gasteiger partial charge in [0.05, 0.1) is 23.4 Å². The van der Waals surface area contributed by atoms with E-state index in [1.165, 1.54) is 23.0 Å². The number of imide groups is 1. The second-order valence-electron chi connectivity index (χ2n) is 7.28. The van der Waals surface area contributed by atoms with Gasteiger partial charge in [0.25, 0.3) is 5.92 Å². The number of carbonyl (C=O) groups excluding carboxylic acids is 2. The molecule has 5 rings (SSSR count). The highest BCUT2D eigenvalue weighted by Gasteiger charge is 2.70. The zero-order chi connectivity index (χ0) is 21.2. The Kier molecular flexibility index (Phi) is 3.86. The van der Waals surface area contributed by atoms with Gasteiger partial charge < -0.3 is 5.32 Å². The maximum absolute atomic E-state index is 14.8. The van der Waals surface area contributed by atoms with Crippen molar-refractivity contribution in [2.45, 2.75) is 23.7 Å². The topological polar surface area (TPSA) is 88.4 Å². The maximum Gasteiger partial charge on any atom is 0.321 e. The lowest BCUT2D eigenvalue weighted by Gasteiger charge is -2.22. The Morgan fingerprint density at radius 1 is 1.10 bits per heavy atom. The first-order valence-corrected chi connectivity index (χ1v) is 9.03. The van der Waals surface area contributed by atoms with Crippen LogP contribution in [0, 0.1) is 11.6 Å². The van der Waals surface area contributed by atoms with E-state index in [1.54, 1.807) is 0 Å². The third-order valence-electron chi connectivity index (χ3n) is 5.47. The summed E-state index contributed by atoms with van der Waals surface area (Å²) in [6.07, 6.45) is 2.83. The van der Waals surface area contributed by atoms with Crippen LogP contribution < -0.4 is 10.6 Å². The van der Waals surface area contributed by atoms with Crippen molar-refractivity contribution in [2.75, 3.05) is 6.54 Å². The predicted octanol–water partition coefficient (Wildman–Crippen LogP) is 2.45. The zero-order valence-corrected chi connectivity index (χ0v) is 15.1. The molecule has 1 saturated heterocycles. The van der Waals surface area contributed by atoms with E-state index >= 15 is 0 Å². The van der Waals surface area contributed by atoms with Gasteiger partial charge in [0.1, 0.15) is 0 Å². The number of nitrogens with zero attached hydrogens (tertiary/aromatic N) is 3. The standard InChI is InChI=1S/C19H13F4N5O2/c20-11-2-1-8(5-12(11)21)14-15(19(14,22)23)9-6-13(27-28-4-3-24-16(9)28)10-7-25-18(30)26-17(10)29/h1-6,10,14-15H,7H2,(H2,25,26,29,30)/t10?,14-,15-/m1/s1. The molecular formula is C19H13F4N5O2. The third kappa shape index (κ3) is 2.72. The minimum absolute atomic E-state index is 0.0327. The Balaban J connectivity index is 1.58. The van der Waals surface area contributed by atoms with Crippen molar-refractivity contribution < 1.29 is 27.2 Å². The Morgan fingerprint density at radius 3 is 2.63 bits per heavy atom. The van der Waals surface area contributed by atoms with E-state index in [9.17, 15) is 27.2 Å². The molecule has 3 heterocycles. The molecule has 1 unspecified atom stereocenters. The van der Waals surface area contributed by atoms with Gasteiger partial charge >= 0.3 is 6.03 Å². The highest BCUT2D eigenvalue weighted by atomic mass is 19.3. The summed E-state index contributed by atoms with van der Waals surface area (Å²) in [6.45, 7) is -0.0367. The second kappa shape index (κ2) is 6.25. The van der Waals surface area contributed by atoms with Gasteiger partial charge in [0, 0.05) is 24.5 Å². The Bertz CT molecular complexity index is 1210. The zero-order valence-electron chi connectivity index (χ0n) is 15.1. The highest BCUT2D eigenvalue weighted by Crippen LogP contribution is 2.67. The van der Waals surface area contributed by atoms with Crippen molar-refractivity contribution in [3.05, 3.63) is 65.1 Å². The minimum Gasteiger partial charge on any atom is -0.337 e. The van der Waals surface area contributed by atoms with Crippen LogP contribution in [0.1, 0.15) is 34.6 Å². The van der Waals surface area contributed by atoms with Gasteiger partial charge in [-0.2, -0.15) is 5.10 Å². The third-order valence-corrected chi connectivity index (χ3v) is 5.47. The smallest absolute Gasteiger partial charge is 0.321 e. The molecule has 1 saturated carbocycles. The van der Waals surface area contributed by atoms with E-state index in [1.807, 2.05) is 0 Å². The number of hydrogen-bond donors (Lipinski definition) is 2. The van der Waals surface area contributed by atoms with Crippen LogP contribution in [0.15, 0.2) is 36.7 Å². The molecule has 0 bridgehead atoms. The number of halogens is 4. The first-order chi connectivity index (χ1) is 14.3. The molecule has 1 aromatic carbocycles. The average molecular weight is 419 g/mol. The summed E-state index contributed by atoms with van der Waals surface area (Å²) in [7, 11) is 0. The Hall–Kier alpha value is -3.50. The largest absolute Gasteiger partial charge is 0.337 e. The molecule has 1 aliphatic carbocycles. The van der Waals surface area contributed by atoms with E-state index in [4.69, 9.17) is 0 Å².